The highest BCUT2D eigenvalue weighted by molar-refractivity contribution is 7.90. The molecule has 29 heavy (non-hydrogen) atoms. The van der Waals surface area contributed by atoms with E-state index in [-0.39, 0.29) is 17.9 Å². The number of piperidine rings is 1. The molecule has 1 amide bonds. The summed E-state index contributed by atoms with van der Waals surface area (Å²) in [6.07, 6.45) is 0.880. The fraction of sp³-hybridized carbons (Fsp3) is 0.409. The van der Waals surface area contributed by atoms with Gasteiger partial charge in [0.15, 0.2) is 0 Å². The first-order valence-corrected chi connectivity index (χ1v) is 11.5. The molecule has 3 N–H and O–H groups in total. The Hall–Kier alpha value is -2.22. The lowest BCUT2D eigenvalue weighted by Crippen LogP contribution is -2.51. The van der Waals surface area contributed by atoms with E-state index in [9.17, 15) is 13.2 Å². The summed E-state index contributed by atoms with van der Waals surface area (Å²) < 4.78 is 27.6. The molecule has 7 heteroatoms. The van der Waals surface area contributed by atoms with Crippen LogP contribution in [-0.4, -0.2) is 45.8 Å². The highest BCUT2D eigenvalue weighted by atomic mass is 32.2. The molecule has 0 spiro atoms. The topological polar surface area (TPSA) is 87.3 Å². The lowest BCUT2D eigenvalue weighted by Gasteiger charge is -2.33. The van der Waals surface area contributed by atoms with E-state index in [0.29, 0.717) is 12.1 Å². The van der Waals surface area contributed by atoms with E-state index < -0.39 is 15.3 Å². The van der Waals surface area contributed by atoms with Crippen molar-refractivity contribution < 1.29 is 13.2 Å². The van der Waals surface area contributed by atoms with Gasteiger partial charge in [-0.2, -0.15) is 0 Å². The molecule has 0 aliphatic carbocycles. The molecule has 1 heterocycles. The van der Waals surface area contributed by atoms with Gasteiger partial charge >= 0.3 is 0 Å². The monoisotopic (exact) mass is 415 g/mol. The molecule has 6 nitrogen and oxygen atoms in total. The minimum absolute atomic E-state index is 0.104. The van der Waals surface area contributed by atoms with Gasteiger partial charge in [0.2, 0.25) is 10.0 Å². The van der Waals surface area contributed by atoms with E-state index in [1.807, 2.05) is 24.3 Å². The van der Waals surface area contributed by atoms with Crippen LogP contribution in [0.4, 0.5) is 0 Å². The molecular weight excluding hydrogens is 386 g/mol. The van der Waals surface area contributed by atoms with Gasteiger partial charge in [-0.1, -0.05) is 36.4 Å². The Kier molecular flexibility index (Phi) is 6.72. The summed E-state index contributed by atoms with van der Waals surface area (Å²) in [6.45, 7) is 4.88. The predicted molar refractivity (Wildman–Crippen MR) is 116 cm³/mol. The molecule has 3 rings (SSSR count). The minimum atomic E-state index is -3.33. The van der Waals surface area contributed by atoms with E-state index >= 15 is 0 Å². The van der Waals surface area contributed by atoms with Gasteiger partial charge in [0.05, 0.1) is 5.25 Å². The number of rotatable bonds is 6. The lowest BCUT2D eigenvalue weighted by atomic mass is 9.86. The Morgan fingerprint density at radius 2 is 1.62 bits per heavy atom. The largest absolute Gasteiger partial charge is 0.355 e. The van der Waals surface area contributed by atoms with E-state index in [4.69, 9.17) is 0 Å². The van der Waals surface area contributed by atoms with Gasteiger partial charge in [-0.3, -0.25) is 4.79 Å². The lowest BCUT2D eigenvalue weighted by molar-refractivity contribution is 0.0963. The first-order valence-electron chi connectivity index (χ1n) is 9.96. The average Bonchev–Trinajstić information content (AvgIpc) is 2.73. The molecule has 156 valence electrons. The maximum atomic E-state index is 12.3. The average molecular weight is 416 g/mol. The van der Waals surface area contributed by atoms with Crippen molar-refractivity contribution in [1.82, 2.24) is 15.4 Å². The number of carbonyl (C=O) groups is 1. The van der Waals surface area contributed by atoms with E-state index in [1.54, 1.807) is 20.9 Å². The van der Waals surface area contributed by atoms with Crippen molar-refractivity contribution in [2.75, 3.05) is 20.1 Å². The van der Waals surface area contributed by atoms with Crippen LogP contribution in [0, 0.1) is 0 Å². The fourth-order valence-electron chi connectivity index (χ4n) is 3.61. The SMILES string of the molecule is CNC(=O)c1ccc(-c2ccc(C3CCNCC3NS(=O)(=O)C(C)C)cc2)cc1. The number of benzene rings is 2. The molecule has 0 aromatic heterocycles. The summed E-state index contributed by atoms with van der Waals surface area (Å²) in [5.74, 6) is 0.0298. The van der Waals surface area contributed by atoms with Gasteiger partial charge in [-0.05, 0) is 55.6 Å². The van der Waals surface area contributed by atoms with Crippen LogP contribution in [0.5, 0.6) is 0 Å². The van der Waals surface area contributed by atoms with Crippen molar-refractivity contribution in [3.8, 4) is 11.1 Å². The fourth-order valence-corrected chi connectivity index (χ4v) is 4.55. The molecule has 0 radical (unpaired) electrons. The van der Waals surface area contributed by atoms with Gasteiger partial charge in [-0.15, -0.1) is 0 Å². The molecule has 2 aromatic carbocycles. The molecule has 0 bridgehead atoms. The summed E-state index contributed by atoms with van der Waals surface area (Å²) in [7, 11) is -1.71. The second kappa shape index (κ2) is 9.07. The van der Waals surface area contributed by atoms with Crippen molar-refractivity contribution in [3.05, 3.63) is 59.7 Å². The standard InChI is InChI=1S/C22H29N3O3S/c1-15(2)29(27,28)25-21-14-24-13-12-20(21)18-8-4-16(5-9-18)17-6-10-19(11-7-17)22(26)23-3/h4-11,15,20-21,24-25H,12-14H2,1-3H3,(H,23,26). The predicted octanol–water partition coefficient (Wildman–Crippen LogP) is 2.49. The summed E-state index contributed by atoms with van der Waals surface area (Å²) in [4.78, 5) is 11.7. The van der Waals surface area contributed by atoms with Gasteiger partial charge in [-0.25, -0.2) is 13.1 Å². The maximum Gasteiger partial charge on any atom is 0.251 e. The Bertz CT molecular complexity index is 938. The highest BCUT2D eigenvalue weighted by Gasteiger charge is 2.30. The van der Waals surface area contributed by atoms with Crippen LogP contribution in [0.3, 0.4) is 0 Å². The Balaban J connectivity index is 1.78. The quantitative estimate of drug-likeness (QED) is 0.676. The summed E-state index contributed by atoms with van der Waals surface area (Å²) in [6, 6.07) is 15.6. The van der Waals surface area contributed by atoms with E-state index in [1.165, 1.54) is 0 Å². The number of carbonyl (C=O) groups excluding carboxylic acids is 1. The Morgan fingerprint density at radius 3 is 2.17 bits per heavy atom. The molecule has 2 unspecified atom stereocenters. The first-order chi connectivity index (χ1) is 13.8. The van der Waals surface area contributed by atoms with Crippen molar-refractivity contribution in [1.29, 1.82) is 0 Å². The maximum absolute atomic E-state index is 12.3. The van der Waals surface area contributed by atoms with Gasteiger partial charge < -0.3 is 10.6 Å². The van der Waals surface area contributed by atoms with E-state index in [2.05, 4.69) is 39.6 Å². The van der Waals surface area contributed by atoms with Crippen LogP contribution in [0.2, 0.25) is 0 Å². The molecule has 2 aromatic rings. The normalized spacial score (nSPS) is 19.9. The molecular formula is C22H29N3O3S. The number of hydrogen-bond acceptors (Lipinski definition) is 4. The van der Waals surface area contributed by atoms with Crippen molar-refractivity contribution >= 4 is 15.9 Å². The van der Waals surface area contributed by atoms with Crippen molar-refractivity contribution in [2.24, 2.45) is 0 Å². The summed E-state index contributed by atoms with van der Waals surface area (Å²) in [5, 5.41) is 5.46. The highest BCUT2D eigenvalue weighted by Crippen LogP contribution is 2.29. The van der Waals surface area contributed by atoms with Gasteiger partial charge in [0.25, 0.3) is 5.91 Å². The van der Waals surface area contributed by atoms with Gasteiger partial charge in [0.1, 0.15) is 0 Å². The van der Waals surface area contributed by atoms with Crippen LogP contribution in [-0.2, 0) is 10.0 Å². The van der Waals surface area contributed by atoms with Crippen molar-refractivity contribution in [3.63, 3.8) is 0 Å². The number of sulfonamides is 1. The second-order valence-corrected chi connectivity index (χ2v) is 9.96. The minimum Gasteiger partial charge on any atom is -0.355 e. The third-order valence-electron chi connectivity index (χ3n) is 5.46. The summed E-state index contributed by atoms with van der Waals surface area (Å²) >= 11 is 0. The Labute approximate surface area is 173 Å². The van der Waals surface area contributed by atoms with Crippen molar-refractivity contribution in [2.45, 2.75) is 37.5 Å². The van der Waals surface area contributed by atoms with E-state index in [0.717, 1.165) is 29.7 Å². The van der Waals surface area contributed by atoms with Crippen LogP contribution in [0.1, 0.15) is 42.1 Å². The third-order valence-corrected chi connectivity index (χ3v) is 7.34. The molecule has 1 aliphatic rings. The first kappa shape index (κ1) is 21.5. The van der Waals surface area contributed by atoms with Crippen LogP contribution in [0.15, 0.2) is 48.5 Å². The van der Waals surface area contributed by atoms with Gasteiger partial charge in [0, 0.05) is 31.1 Å². The van der Waals surface area contributed by atoms with Crippen LogP contribution < -0.4 is 15.4 Å². The number of nitrogens with one attached hydrogen (secondary N) is 3. The summed E-state index contributed by atoms with van der Waals surface area (Å²) in [5.41, 5.74) is 3.86. The Morgan fingerprint density at radius 1 is 1.03 bits per heavy atom. The van der Waals surface area contributed by atoms with Crippen LogP contribution in [0.25, 0.3) is 11.1 Å². The molecule has 1 aliphatic heterocycles. The molecule has 1 fully saturated rings. The second-order valence-electron chi connectivity index (χ2n) is 7.70. The zero-order chi connectivity index (χ0) is 21.0. The zero-order valence-corrected chi connectivity index (χ0v) is 17.9. The zero-order valence-electron chi connectivity index (χ0n) is 17.1. The third kappa shape index (κ3) is 5.04. The molecule has 1 saturated heterocycles. The number of amides is 1. The molecule has 2 atom stereocenters. The smallest absolute Gasteiger partial charge is 0.251 e. The molecule has 0 saturated carbocycles. The van der Waals surface area contributed by atoms with Crippen LogP contribution >= 0.6 is 0 Å². The number of hydrogen-bond donors (Lipinski definition) is 3.